The Morgan fingerprint density at radius 3 is 2.17 bits per heavy atom. The summed E-state index contributed by atoms with van der Waals surface area (Å²) in [5.41, 5.74) is 2.22. The maximum atomic E-state index is 13.6. The molecule has 0 spiro atoms. The molecule has 0 radical (unpaired) electrons. The van der Waals surface area contributed by atoms with Crippen LogP contribution in [-0.2, 0) is 9.59 Å². The van der Waals surface area contributed by atoms with Crippen molar-refractivity contribution in [1.82, 2.24) is 9.80 Å². The molecule has 2 aromatic rings. The van der Waals surface area contributed by atoms with Gasteiger partial charge < -0.3 is 14.5 Å². The van der Waals surface area contributed by atoms with Crippen molar-refractivity contribution < 1.29 is 14.3 Å². The Hall–Kier alpha value is -3.12. The van der Waals surface area contributed by atoms with Crippen LogP contribution in [0, 0.1) is 0 Å². The van der Waals surface area contributed by atoms with E-state index in [1.807, 2.05) is 49.4 Å². The number of carbonyl (C=O) groups is 2. The summed E-state index contributed by atoms with van der Waals surface area (Å²) in [6.45, 7) is 8.66. The van der Waals surface area contributed by atoms with E-state index < -0.39 is 0 Å². The number of ether oxygens (including phenoxy) is 1. The van der Waals surface area contributed by atoms with Crippen molar-refractivity contribution in [3.05, 3.63) is 65.9 Å². The molecule has 0 aliphatic carbocycles. The molecule has 2 aliphatic rings. The van der Waals surface area contributed by atoms with Crippen LogP contribution >= 0.6 is 0 Å². The average Bonchev–Trinajstić information content (AvgIpc) is 3.05. The fraction of sp³-hybridized carbons (Fsp3) is 0.333. The highest BCUT2D eigenvalue weighted by Crippen LogP contribution is 2.38. The Kier molecular flexibility index (Phi) is 5.86. The smallest absolute Gasteiger partial charge is 0.282 e. The minimum Gasteiger partial charge on any atom is -0.492 e. The Labute approximate surface area is 177 Å². The third kappa shape index (κ3) is 3.59. The lowest BCUT2D eigenvalue weighted by Crippen LogP contribution is -2.47. The number of carbonyl (C=O) groups excluding carboxylic acids is 2. The second-order valence-electron chi connectivity index (χ2n) is 7.36. The third-order valence-corrected chi connectivity index (χ3v) is 5.66. The first kappa shape index (κ1) is 20.2. The number of nitrogens with zero attached hydrogens (tertiary/aromatic N) is 3. The van der Waals surface area contributed by atoms with Crippen LogP contribution in [-0.4, -0.2) is 60.9 Å². The number of rotatable bonds is 6. The lowest BCUT2D eigenvalue weighted by atomic mass is 10.0. The van der Waals surface area contributed by atoms with E-state index in [9.17, 15) is 9.59 Å². The Morgan fingerprint density at radius 1 is 0.833 bits per heavy atom. The number of para-hydroxylation sites is 2. The SMILES string of the molecule is CCOc1ccccc1N1C(=O)C(c2ccccc2)=C(N2CCN(CC)CC2)C1=O. The third-order valence-electron chi connectivity index (χ3n) is 5.66. The van der Waals surface area contributed by atoms with Crippen LogP contribution in [0.25, 0.3) is 5.57 Å². The maximum Gasteiger partial charge on any atom is 0.282 e. The molecule has 0 saturated carbocycles. The van der Waals surface area contributed by atoms with Crippen LogP contribution < -0.4 is 9.64 Å². The van der Waals surface area contributed by atoms with Crippen molar-refractivity contribution in [2.75, 3.05) is 44.2 Å². The van der Waals surface area contributed by atoms with E-state index in [-0.39, 0.29) is 11.8 Å². The summed E-state index contributed by atoms with van der Waals surface area (Å²) in [7, 11) is 0. The van der Waals surface area contributed by atoms with E-state index in [1.54, 1.807) is 12.1 Å². The number of amides is 2. The van der Waals surface area contributed by atoms with Gasteiger partial charge in [0, 0.05) is 26.2 Å². The van der Waals surface area contributed by atoms with Gasteiger partial charge >= 0.3 is 0 Å². The predicted octanol–water partition coefficient (Wildman–Crippen LogP) is 3.01. The molecule has 0 atom stereocenters. The number of piperazine rings is 1. The van der Waals surface area contributed by atoms with Crippen LogP contribution in [0.2, 0.25) is 0 Å². The summed E-state index contributed by atoms with van der Waals surface area (Å²) in [5, 5.41) is 0. The van der Waals surface area contributed by atoms with Gasteiger partial charge in [0.25, 0.3) is 11.8 Å². The van der Waals surface area contributed by atoms with Crippen LogP contribution in [0.5, 0.6) is 5.75 Å². The topological polar surface area (TPSA) is 53.1 Å². The van der Waals surface area contributed by atoms with Gasteiger partial charge in [0.2, 0.25) is 0 Å². The number of likely N-dealkylation sites (N-methyl/N-ethyl adjacent to an activating group) is 1. The number of hydrogen-bond acceptors (Lipinski definition) is 5. The lowest BCUT2D eigenvalue weighted by Gasteiger charge is -2.36. The molecule has 4 rings (SSSR count). The summed E-state index contributed by atoms with van der Waals surface area (Å²) in [5.74, 6) is -0.0478. The van der Waals surface area contributed by atoms with Crippen molar-refractivity contribution in [3.63, 3.8) is 0 Å². The molecule has 0 aromatic heterocycles. The van der Waals surface area contributed by atoms with E-state index in [4.69, 9.17) is 4.74 Å². The molecule has 6 heteroatoms. The molecular weight excluding hydrogens is 378 g/mol. The highest BCUT2D eigenvalue weighted by atomic mass is 16.5. The highest BCUT2D eigenvalue weighted by Gasteiger charge is 2.43. The summed E-state index contributed by atoms with van der Waals surface area (Å²) in [6, 6.07) is 16.7. The van der Waals surface area contributed by atoms with E-state index in [0.717, 1.165) is 38.3 Å². The van der Waals surface area contributed by atoms with Crippen molar-refractivity contribution in [2.24, 2.45) is 0 Å². The van der Waals surface area contributed by atoms with Crippen LogP contribution in [0.15, 0.2) is 60.3 Å². The number of imide groups is 1. The molecule has 156 valence electrons. The van der Waals surface area contributed by atoms with Gasteiger partial charge in [-0.05, 0) is 31.2 Å². The van der Waals surface area contributed by atoms with Crippen molar-refractivity contribution in [1.29, 1.82) is 0 Å². The predicted molar refractivity (Wildman–Crippen MR) is 117 cm³/mol. The number of anilines is 1. The molecule has 2 aromatic carbocycles. The van der Waals surface area contributed by atoms with Crippen molar-refractivity contribution >= 4 is 23.1 Å². The Balaban J connectivity index is 1.77. The molecular formula is C24H27N3O3. The number of benzene rings is 2. The largest absolute Gasteiger partial charge is 0.492 e. The molecule has 0 N–H and O–H groups in total. The summed E-state index contributed by atoms with van der Waals surface area (Å²) >= 11 is 0. The fourth-order valence-corrected chi connectivity index (χ4v) is 4.10. The van der Waals surface area contributed by atoms with Crippen molar-refractivity contribution in [3.8, 4) is 5.75 Å². The lowest BCUT2D eigenvalue weighted by molar-refractivity contribution is -0.120. The zero-order valence-electron chi connectivity index (χ0n) is 17.5. The first-order valence-electron chi connectivity index (χ1n) is 10.5. The first-order chi connectivity index (χ1) is 14.7. The van der Waals surface area contributed by atoms with Gasteiger partial charge in [-0.3, -0.25) is 9.59 Å². The van der Waals surface area contributed by atoms with Gasteiger partial charge in [-0.15, -0.1) is 0 Å². The zero-order valence-corrected chi connectivity index (χ0v) is 17.5. The average molecular weight is 405 g/mol. The molecule has 6 nitrogen and oxygen atoms in total. The van der Waals surface area contributed by atoms with E-state index in [2.05, 4.69) is 16.7 Å². The van der Waals surface area contributed by atoms with Gasteiger partial charge in [0.1, 0.15) is 11.4 Å². The van der Waals surface area contributed by atoms with Gasteiger partial charge in [-0.1, -0.05) is 49.4 Å². The summed E-state index contributed by atoms with van der Waals surface area (Å²) in [4.78, 5) is 32.9. The molecule has 0 bridgehead atoms. The van der Waals surface area contributed by atoms with E-state index in [1.165, 1.54) is 4.90 Å². The highest BCUT2D eigenvalue weighted by molar-refractivity contribution is 6.45. The van der Waals surface area contributed by atoms with E-state index >= 15 is 0 Å². The van der Waals surface area contributed by atoms with Crippen LogP contribution in [0.3, 0.4) is 0 Å². The monoisotopic (exact) mass is 405 g/mol. The van der Waals surface area contributed by atoms with Gasteiger partial charge in [-0.2, -0.15) is 0 Å². The molecule has 2 heterocycles. The second-order valence-corrected chi connectivity index (χ2v) is 7.36. The Morgan fingerprint density at radius 2 is 1.50 bits per heavy atom. The normalized spacial score (nSPS) is 17.8. The Bertz CT molecular complexity index is 963. The summed E-state index contributed by atoms with van der Waals surface area (Å²) < 4.78 is 5.71. The minimum atomic E-state index is -0.300. The van der Waals surface area contributed by atoms with Gasteiger partial charge in [0.15, 0.2) is 0 Å². The second kappa shape index (κ2) is 8.71. The minimum absolute atomic E-state index is 0.282. The van der Waals surface area contributed by atoms with Crippen molar-refractivity contribution in [2.45, 2.75) is 13.8 Å². The van der Waals surface area contributed by atoms with Gasteiger partial charge in [0.05, 0.1) is 17.9 Å². The molecule has 0 unspecified atom stereocenters. The zero-order chi connectivity index (χ0) is 21.1. The van der Waals surface area contributed by atoms with E-state index in [0.29, 0.717) is 29.3 Å². The molecule has 2 aliphatic heterocycles. The standard InChI is InChI=1S/C24H27N3O3/c1-3-25-14-16-26(17-15-25)22-21(18-10-6-5-7-11-18)23(28)27(24(22)29)19-12-8-9-13-20(19)30-4-2/h5-13H,3-4,14-17H2,1-2H3. The first-order valence-corrected chi connectivity index (χ1v) is 10.5. The fourth-order valence-electron chi connectivity index (χ4n) is 4.10. The van der Waals surface area contributed by atoms with Gasteiger partial charge in [-0.25, -0.2) is 4.90 Å². The molecule has 2 amide bonds. The maximum absolute atomic E-state index is 13.6. The molecule has 1 fully saturated rings. The number of hydrogen-bond donors (Lipinski definition) is 0. The van der Waals surface area contributed by atoms with Crippen LogP contribution in [0.1, 0.15) is 19.4 Å². The quantitative estimate of drug-likeness (QED) is 0.692. The molecule has 1 saturated heterocycles. The summed E-state index contributed by atoms with van der Waals surface area (Å²) in [6.07, 6.45) is 0. The molecule has 30 heavy (non-hydrogen) atoms. The van der Waals surface area contributed by atoms with Crippen LogP contribution in [0.4, 0.5) is 5.69 Å².